The Morgan fingerprint density at radius 2 is 2.20 bits per heavy atom. The average molecular weight is 212 g/mol. The van der Waals surface area contributed by atoms with Gasteiger partial charge in [-0.1, -0.05) is 0 Å². The molecular weight excluding hydrogens is 192 g/mol. The third kappa shape index (κ3) is 1.66. The summed E-state index contributed by atoms with van der Waals surface area (Å²) in [7, 11) is 1.87. The number of hydrogen-bond acceptors (Lipinski definition) is 4. The molecule has 3 aliphatic heterocycles. The topological polar surface area (TPSA) is 41.6 Å². The molecule has 0 aromatic rings. The molecule has 3 saturated heterocycles. The van der Waals surface area contributed by atoms with Crippen molar-refractivity contribution in [1.82, 2.24) is 10.2 Å². The second-order valence-electron chi connectivity index (χ2n) is 4.49. The van der Waals surface area contributed by atoms with Crippen LogP contribution in [0.3, 0.4) is 0 Å². The Morgan fingerprint density at radius 1 is 1.53 bits per heavy atom. The van der Waals surface area contributed by atoms with Gasteiger partial charge in [-0.3, -0.25) is 0 Å². The number of ether oxygens (including phenoxy) is 1. The summed E-state index contributed by atoms with van der Waals surface area (Å²) in [5.74, 6) is 0.383. The van der Waals surface area contributed by atoms with Gasteiger partial charge in [-0.25, -0.2) is 4.79 Å². The van der Waals surface area contributed by atoms with Gasteiger partial charge in [-0.15, -0.1) is 0 Å². The number of carbonyl (C=O) groups is 1. The molecule has 4 heteroatoms. The summed E-state index contributed by atoms with van der Waals surface area (Å²) < 4.78 is 5.20. The van der Waals surface area contributed by atoms with Gasteiger partial charge in [0.1, 0.15) is 5.54 Å². The number of hydrogen-bond donors (Lipinski definition) is 1. The summed E-state index contributed by atoms with van der Waals surface area (Å²) in [5.41, 5.74) is -0.438. The Kier molecular flexibility index (Phi) is 2.98. The number of nitrogens with one attached hydrogen (secondary N) is 1. The zero-order valence-electron chi connectivity index (χ0n) is 9.58. The van der Waals surface area contributed by atoms with E-state index in [4.69, 9.17) is 4.74 Å². The van der Waals surface area contributed by atoms with Gasteiger partial charge in [-0.2, -0.15) is 0 Å². The van der Waals surface area contributed by atoms with E-state index in [0.717, 1.165) is 32.5 Å². The fourth-order valence-corrected chi connectivity index (χ4v) is 2.94. The van der Waals surface area contributed by atoms with E-state index in [9.17, 15) is 4.79 Å². The Bertz CT molecular complexity index is 249. The predicted octanol–water partition coefficient (Wildman–Crippen LogP) is 0.233. The van der Waals surface area contributed by atoms with E-state index in [-0.39, 0.29) is 5.97 Å². The van der Waals surface area contributed by atoms with Crippen LogP contribution in [-0.4, -0.2) is 49.7 Å². The quantitative estimate of drug-likeness (QED) is 0.680. The number of likely N-dealkylation sites (N-methyl/N-ethyl adjacent to an activating group) is 1. The standard InChI is InChI=1S/C11H20N2O2/c1-3-15-10(14)11(12-2)8-13-6-4-9(11)5-7-13/h9,12H,3-8H2,1-2H3. The summed E-state index contributed by atoms with van der Waals surface area (Å²) in [6.07, 6.45) is 2.22. The molecule has 86 valence electrons. The smallest absolute Gasteiger partial charge is 0.327 e. The van der Waals surface area contributed by atoms with E-state index in [2.05, 4.69) is 10.2 Å². The lowest BCUT2D eigenvalue weighted by molar-refractivity contribution is -0.160. The third-order valence-corrected chi connectivity index (χ3v) is 3.84. The Hall–Kier alpha value is -0.610. The van der Waals surface area contributed by atoms with E-state index in [1.54, 1.807) is 0 Å². The summed E-state index contributed by atoms with van der Waals surface area (Å²) in [4.78, 5) is 14.4. The zero-order valence-corrected chi connectivity index (χ0v) is 9.58. The molecule has 0 aliphatic carbocycles. The number of esters is 1. The molecule has 2 bridgehead atoms. The first-order valence-electron chi connectivity index (χ1n) is 5.81. The molecule has 3 aliphatic rings. The predicted molar refractivity (Wildman–Crippen MR) is 57.6 cm³/mol. The maximum absolute atomic E-state index is 12.0. The van der Waals surface area contributed by atoms with Crippen LogP contribution < -0.4 is 5.32 Å². The van der Waals surface area contributed by atoms with Crippen LogP contribution in [-0.2, 0) is 9.53 Å². The van der Waals surface area contributed by atoms with E-state index in [0.29, 0.717) is 12.5 Å². The number of nitrogens with zero attached hydrogens (tertiary/aromatic N) is 1. The van der Waals surface area contributed by atoms with Gasteiger partial charge in [0.2, 0.25) is 0 Å². The van der Waals surface area contributed by atoms with Crippen LogP contribution in [0.5, 0.6) is 0 Å². The Labute approximate surface area is 91.0 Å². The molecule has 0 aromatic heterocycles. The highest BCUT2D eigenvalue weighted by Gasteiger charge is 2.51. The van der Waals surface area contributed by atoms with Crippen molar-refractivity contribution in [3.8, 4) is 0 Å². The van der Waals surface area contributed by atoms with Crippen LogP contribution in [0.25, 0.3) is 0 Å². The Morgan fingerprint density at radius 3 is 2.60 bits per heavy atom. The SMILES string of the molecule is CCOC(=O)C1(NC)CN2CCC1CC2. The van der Waals surface area contributed by atoms with Gasteiger partial charge in [0.15, 0.2) is 0 Å². The molecule has 3 heterocycles. The van der Waals surface area contributed by atoms with Gasteiger partial charge in [0, 0.05) is 6.54 Å². The van der Waals surface area contributed by atoms with Crippen LogP contribution in [0.4, 0.5) is 0 Å². The summed E-state index contributed by atoms with van der Waals surface area (Å²) in [6, 6.07) is 0. The number of rotatable bonds is 3. The van der Waals surface area contributed by atoms with Gasteiger partial charge >= 0.3 is 5.97 Å². The number of fused-ring (bicyclic) bond motifs is 3. The fourth-order valence-electron chi connectivity index (χ4n) is 2.94. The first-order valence-corrected chi connectivity index (χ1v) is 5.81. The zero-order chi connectivity index (χ0) is 10.9. The van der Waals surface area contributed by atoms with Crippen molar-refractivity contribution in [2.24, 2.45) is 5.92 Å². The lowest BCUT2D eigenvalue weighted by atomic mass is 9.73. The van der Waals surface area contributed by atoms with Crippen LogP contribution in [0.2, 0.25) is 0 Å². The summed E-state index contributed by atoms with van der Waals surface area (Å²) in [6.45, 7) is 5.41. The monoisotopic (exact) mass is 212 g/mol. The van der Waals surface area contributed by atoms with Crippen molar-refractivity contribution in [1.29, 1.82) is 0 Å². The highest BCUT2D eigenvalue weighted by molar-refractivity contribution is 5.82. The minimum Gasteiger partial charge on any atom is -0.465 e. The molecule has 15 heavy (non-hydrogen) atoms. The summed E-state index contributed by atoms with van der Waals surface area (Å²) in [5, 5.41) is 3.22. The average Bonchev–Trinajstić information content (AvgIpc) is 2.30. The fraction of sp³-hybridized carbons (Fsp3) is 0.909. The minimum absolute atomic E-state index is 0.0677. The van der Waals surface area contributed by atoms with E-state index in [1.807, 2.05) is 14.0 Å². The van der Waals surface area contributed by atoms with Crippen molar-refractivity contribution in [3.63, 3.8) is 0 Å². The Balaban J connectivity index is 2.17. The molecule has 0 amide bonds. The second kappa shape index (κ2) is 4.10. The van der Waals surface area contributed by atoms with E-state index >= 15 is 0 Å². The third-order valence-electron chi connectivity index (χ3n) is 3.84. The van der Waals surface area contributed by atoms with Crippen molar-refractivity contribution >= 4 is 5.97 Å². The molecule has 0 saturated carbocycles. The maximum atomic E-state index is 12.0. The van der Waals surface area contributed by atoms with Gasteiger partial charge in [0.25, 0.3) is 0 Å². The summed E-state index contributed by atoms with van der Waals surface area (Å²) >= 11 is 0. The lowest BCUT2D eigenvalue weighted by Crippen LogP contribution is -2.69. The van der Waals surface area contributed by atoms with Crippen LogP contribution >= 0.6 is 0 Å². The van der Waals surface area contributed by atoms with Gasteiger partial charge in [-0.05, 0) is 45.8 Å². The molecule has 1 atom stereocenters. The maximum Gasteiger partial charge on any atom is 0.327 e. The van der Waals surface area contributed by atoms with E-state index < -0.39 is 5.54 Å². The van der Waals surface area contributed by atoms with Crippen LogP contribution in [0.15, 0.2) is 0 Å². The normalized spacial score (nSPS) is 39.1. The molecular formula is C11H20N2O2. The minimum atomic E-state index is -0.438. The van der Waals surface area contributed by atoms with Crippen molar-refractivity contribution in [2.45, 2.75) is 25.3 Å². The molecule has 3 fully saturated rings. The number of piperidine rings is 3. The van der Waals surface area contributed by atoms with Gasteiger partial charge < -0.3 is 15.0 Å². The number of carbonyl (C=O) groups excluding carboxylic acids is 1. The molecule has 0 spiro atoms. The van der Waals surface area contributed by atoms with Crippen LogP contribution in [0, 0.1) is 5.92 Å². The lowest BCUT2D eigenvalue weighted by Gasteiger charge is -2.51. The molecule has 3 rings (SSSR count). The van der Waals surface area contributed by atoms with Crippen LogP contribution in [0.1, 0.15) is 19.8 Å². The molecule has 1 N–H and O–H groups in total. The second-order valence-corrected chi connectivity index (χ2v) is 4.49. The van der Waals surface area contributed by atoms with Crippen molar-refractivity contribution in [3.05, 3.63) is 0 Å². The van der Waals surface area contributed by atoms with E-state index in [1.165, 1.54) is 0 Å². The highest BCUT2D eigenvalue weighted by atomic mass is 16.5. The van der Waals surface area contributed by atoms with Crippen molar-refractivity contribution in [2.75, 3.05) is 33.3 Å². The molecule has 4 nitrogen and oxygen atoms in total. The first-order chi connectivity index (χ1) is 7.23. The highest BCUT2D eigenvalue weighted by Crippen LogP contribution is 2.36. The van der Waals surface area contributed by atoms with Crippen molar-refractivity contribution < 1.29 is 9.53 Å². The molecule has 0 radical (unpaired) electrons. The first kappa shape index (κ1) is 10.9. The molecule has 1 unspecified atom stereocenters. The van der Waals surface area contributed by atoms with Gasteiger partial charge in [0.05, 0.1) is 6.61 Å². The largest absolute Gasteiger partial charge is 0.465 e. The molecule has 0 aromatic carbocycles.